The van der Waals surface area contributed by atoms with Crippen LogP contribution in [0.4, 0.5) is 14.6 Å². The highest BCUT2D eigenvalue weighted by molar-refractivity contribution is 5.99. The summed E-state index contributed by atoms with van der Waals surface area (Å²) < 4.78 is 28.1. The van der Waals surface area contributed by atoms with E-state index < -0.39 is 23.6 Å². The van der Waals surface area contributed by atoms with Crippen LogP contribution in [0.5, 0.6) is 0 Å². The van der Waals surface area contributed by atoms with Crippen molar-refractivity contribution < 1.29 is 23.5 Å². The van der Waals surface area contributed by atoms with E-state index in [4.69, 9.17) is 5.11 Å². The molecule has 1 atom stereocenters. The Hall–Kier alpha value is -3.82. The van der Waals surface area contributed by atoms with Crippen LogP contribution in [0.1, 0.15) is 29.3 Å². The molecule has 0 aliphatic heterocycles. The number of benzene rings is 1. The van der Waals surface area contributed by atoms with E-state index in [0.29, 0.717) is 24.9 Å². The van der Waals surface area contributed by atoms with E-state index >= 15 is 0 Å². The van der Waals surface area contributed by atoms with Crippen molar-refractivity contribution in [2.24, 2.45) is 5.92 Å². The van der Waals surface area contributed by atoms with Crippen molar-refractivity contribution in [2.75, 3.05) is 18.4 Å². The van der Waals surface area contributed by atoms with Crippen LogP contribution in [-0.2, 0) is 11.2 Å². The van der Waals surface area contributed by atoms with Gasteiger partial charge in [-0.15, -0.1) is 0 Å². The maximum absolute atomic E-state index is 14.7. The highest BCUT2D eigenvalue weighted by Gasteiger charge is 2.21. The Morgan fingerprint density at radius 1 is 1.25 bits per heavy atom. The molecule has 0 fully saturated rings. The van der Waals surface area contributed by atoms with E-state index in [1.807, 2.05) is 0 Å². The second-order valence-corrected chi connectivity index (χ2v) is 7.16. The second kappa shape index (κ2) is 10.5. The third-order valence-corrected chi connectivity index (χ3v) is 4.94. The van der Waals surface area contributed by atoms with Crippen molar-refractivity contribution in [2.45, 2.75) is 19.8 Å². The average molecular weight is 443 g/mol. The lowest BCUT2D eigenvalue weighted by atomic mass is 10.1. The van der Waals surface area contributed by atoms with Crippen molar-refractivity contribution in [1.29, 1.82) is 0 Å². The fraction of sp³-hybridized carbons (Fsp3) is 0.273. The first-order valence-electron chi connectivity index (χ1n) is 10.1. The average Bonchev–Trinajstić information content (AvgIpc) is 3.29. The number of aliphatic carboxylic acids is 1. The molecule has 3 aromatic rings. The normalized spacial score (nSPS) is 11.7. The quantitative estimate of drug-likeness (QED) is 0.382. The Morgan fingerprint density at radius 2 is 2.06 bits per heavy atom. The van der Waals surface area contributed by atoms with Crippen LogP contribution >= 0.6 is 0 Å². The lowest BCUT2D eigenvalue weighted by molar-refractivity contribution is -0.141. The van der Waals surface area contributed by atoms with Gasteiger partial charge >= 0.3 is 5.97 Å². The number of hydrogen-bond acceptors (Lipinski definition) is 5. The van der Waals surface area contributed by atoms with Crippen molar-refractivity contribution in [1.82, 2.24) is 20.5 Å². The molecule has 0 aliphatic carbocycles. The fourth-order valence-electron chi connectivity index (χ4n) is 3.11. The van der Waals surface area contributed by atoms with Crippen LogP contribution in [0.25, 0.3) is 11.3 Å². The van der Waals surface area contributed by atoms with E-state index in [9.17, 15) is 18.4 Å². The fourth-order valence-corrected chi connectivity index (χ4v) is 3.11. The first-order chi connectivity index (χ1) is 15.4. The number of carbonyl (C=O) groups excluding carboxylic acids is 1. The maximum Gasteiger partial charge on any atom is 0.308 e. The molecule has 1 aromatic carbocycles. The monoisotopic (exact) mass is 443 g/mol. The number of carbonyl (C=O) groups is 2. The predicted molar refractivity (Wildman–Crippen MR) is 114 cm³/mol. The maximum atomic E-state index is 14.7. The highest BCUT2D eigenvalue weighted by Crippen LogP contribution is 2.25. The van der Waals surface area contributed by atoms with Crippen molar-refractivity contribution in [3.8, 4) is 11.3 Å². The van der Waals surface area contributed by atoms with Crippen LogP contribution in [0.2, 0.25) is 0 Å². The number of amides is 1. The molecule has 2 heterocycles. The van der Waals surface area contributed by atoms with Crippen molar-refractivity contribution in [3.05, 3.63) is 65.5 Å². The van der Waals surface area contributed by atoms with Gasteiger partial charge in [0.15, 0.2) is 5.82 Å². The van der Waals surface area contributed by atoms with Gasteiger partial charge in [0.2, 0.25) is 0 Å². The zero-order valence-corrected chi connectivity index (χ0v) is 17.4. The molecule has 4 N–H and O–H groups in total. The third kappa shape index (κ3) is 5.65. The number of aromatic amines is 1. The molecular formula is C22H23F2N5O3. The largest absolute Gasteiger partial charge is 0.481 e. The number of anilines is 1. The summed E-state index contributed by atoms with van der Waals surface area (Å²) in [4.78, 5) is 28.2. The molecule has 0 bridgehead atoms. The molecule has 0 unspecified atom stereocenters. The number of halogens is 2. The summed E-state index contributed by atoms with van der Waals surface area (Å²) in [6, 6.07) is 7.17. The van der Waals surface area contributed by atoms with E-state index in [-0.39, 0.29) is 29.4 Å². The lowest BCUT2D eigenvalue weighted by Crippen LogP contribution is -2.33. The van der Waals surface area contributed by atoms with E-state index in [2.05, 4.69) is 25.8 Å². The highest BCUT2D eigenvalue weighted by atomic mass is 19.1. The number of nitrogens with one attached hydrogen (secondary N) is 3. The summed E-state index contributed by atoms with van der Waals surface area (Å²) >= 11 is 0. The van der Waals surface area contributed by atoms with Gasteiger partial charge in [-0.3, -0.25) is 14.7 Å². The number of carboxylic acids is 1. The minimum atomic E-state index is -1.03. The Labute approximate surface area is 183 Å². The molecule has 0 spiro atoms. The van der Waals surface area contributed by atoms with Gasteiger partial charge in [-0.1, -0.05) is 19.1 Å². The summed E-state index contributed by atoms with van der Waals surface area (Å²) in [5.74, 6) is -3.39. The van der Waals surface area contributed by atoms with E-state index in [1.54, 1.807) is 19.1 Å². The molecule has 0 radical (unpaired) electrons. The van der Waals surface area contributed by atoms with Crippen LogP contribution in [0, 0.1) is 17.6 Å². The van der Waals surface area contributed by atoms with Crippen molar-refractivity contribution in [3.63, 3.8) is 0 Å². The Balaban J connectivity index is 1.83. The van der Waals surface area contributed by atoms with Gasteiger partial charge in [-0.25, -0.2) is 13.8 Å². The SMILES string of the molecule is CC[C@H](CNC(=O)c1cc(F)c(-c2cn[nH]c2)nc1NCCc1cccc(F)c1)C(=O)O. The van der Waals surface area contributed by atoms with Crippen molar-refractivity contribution >= 4 is 17.7 Å². The van der Waals surface area contributed by atoms with Gasteiger partial charge in [0.05, 0.1) is 17.7 Å². The van der Waals surface area contributed by atoms with Gasteiger partial charge in [0.25, 0.3) is 5.91 Å². The molecule has 1 amide bonds. The van der Waals surface area contributed by atoms with Crippen LogP contribution in [-0.4, -0.2) is 45.3 Å². The molecule has 0 saturated carbocycles. The number of nitrogens with zero attached hydrogens (tertiary/aromatic N) is 2. The van der Waals surface area contributed by atoms with Gasteiger partial charge in [0, 0.05) is 24.8 Å². The zero-order valence-electron chi connectivity index (χ0n) is 17.4. The summed E-state index contributed by atoms with van der Waals surface area (Å²) in [6.07, 6.45) is 3.65. The third-order valence-electron chi connectivity index (χ3n) is 4.94. The van der Waals surface area contributed by atoms with E-state index in [1.165, 1.54) is 24.5 Å². The molecule has 0 aliphatic rings. The Morgan fingerprint density at radius 3 is 2.72 bits per heavy atom. The van der Waals surface area contributed by atoms with E-state index in [0.717, 1.165) is 11.6 Å². The van der Waals surface area contributed by atoms with Crippen LogP contribution in [0.3, 0.4) is 0 Å². The number of pyridine rings is 1. The number of aromatic nitrogens is 3. The zero-order chi connectivity index (χ0) is 23.1. The molecule has 8 nitrogen and oxygen atoms in total. The lowest BCUT2D eigenvalue weighted by Gasteiger charge is -2.15. The minimum absolute atomic E-state index is 0.000487. The summed E-state index contributed by atoms with van der Waals surface area (Å²) in [5.41, 5.74) is 1.09. The van der Waals surface area contributed by atoms with Gasteiger partial charge in [-0.05, 0) is 36.6 Å². The van der Waals surface area contributed by atoms with Gasteiger partial charge in [0.1, 0.15) is 17.3 Å². The Kier molecular flexibility index (Phi) is 7.48. The van der Waals surface area contributed by atoms with Gasteiger partial charge < -0.3 is 15.7 Å². The number of H-pyrrole nitrogens is 1. The summed E-state index contributed by atoms with van der Waals surface area (Å²) in [7, 11) is 0. The smallest absolute Gasteiger partial charge is 0.308 e. The Bertz CT molecular complexity index is 1090. The molecule has 0 saturated heterocycles. The number of carboxylic acid groups (broad SMARTS) is 1. The molecule has 10 heteroatoms. The molecule has 168 valence electrons. The van der Waals surface area contributed by atoms with Crippen LogP contribution in [0.15, 0.2) is 42.7 Å². The molecule has 2 aromatic heterocycles. The number of hydrogen-bond donors (Lipinski definition) is 4. The molecule has 3 rings (SSSR count). The van der Waals surface area contributed by atoms with Crippen LogP contribution < -0.4 is 10.6 Å². The minimum Gasteiger partial charge on any atom is -0.481 e. The predicted octanol–water partition coefficient (Wildman–Crippen LogP) is 3.25. The first-order valence-corrected chi connectivity index (χ1v) is 10.1. The first kappa shape index (κ1) is 22.9. The second-order valence-electron chi connectivity index (χ2n) is 7.16. The summed E-state index contributed by atoms with van der Waals surface area (Å²) in [6.45, 7) is 1.91. The van der Waals surface area contributed by atoms with Gasteiger partial charge in [-0.2, -0.15) is 5.10 Å². The standard InChI is InChI=1S/C22H23F2N5O3/c1-2-14(22(31)32)10-26-21(30)17-9-18(24)19(15-11-27-28-12-15)29-20(17)25-7-6-13-4-3-5-16(23)8-13/h3-5,8-9,11-12,14H,2,6-7,10H2,1H3,(H,25,29)(H,26,30)(H,27,28)(H,31,32)/t14-/m1/s1. The molecular weight excluding hydrogens is 420 g/mol. The topological polar surface area (TPSA) is 120 Å². The summed E-state index contributed by atoms with van der Waals surface area (Å²) in [5, 5.41) is 21.1. The molecule has 32 heavy (non-hydrogen) atoms. The number of rotatable bonds is 10.